The summed E-state index contributed by atoms with van der Waals surface area (Å²) < 4.78 is 0. The molecule has 0 N–H and O–H groups in total. The van der Waals surface area contributed by atoms with Crippen molar-refractivity contribution in [2.45, 2.75) is 18.7 Å². The third-order valence-electron chi connectivity index (χ3n) is 3.71. The lowest BCUT2D eigenvalue weighted by molar-refractivity contribution is 1.23. The van der Waals surface area contributed by atoms with E-state index >= 15 is 0 Å². The van der Waals surface area contributed by atoms with E-state index in [9.17, 15) is 0 Å². The van der Waals surface area contributed by atoms with Gasteiger partial charge in [0.25, 0.3) is 0 Å². The molecule has 2 heteroatoms. The average Bonchev–Trinajstić information content (AvgIpc) is 2.64. The van der Waals surface area contributed by atoms with Crippen LogP contribution in [-0.2, 0) is 0 Å². The molecule has 0 spiro atoms. The van der Waals surface area contributed by atoms with Crippen molar-refractivity contribution < 1.29 is 0 Å². The Hall–Kier alpha value is -2.06. The fourth-order valence-corrected chi connectivity index (χ4v) is 3.25. The molecule has 0 saturated carbocycles. The summed E-state index contributed by atoms with van der Waals surface area (Å²) in [6.45, 7) is 4.00. The molecule has 0 aliphatic heterocycles. The van der Waals surface area contributed by atoms with Gasteiger partial charge in [0.05, 0.1) is 5.69 Å². The average molecular weight is 338 g/mol. The van der Waals surface area contributed by atoms with Crippen molar-refractivity contribution in [3.8, 4) is 22.4 Å². The van der Waals surface area contributed by atoms with Crippen molar-refractivity contribution >= 4 is 10.0 Å². The normalized spacial score (nSPS) is 11.4. The number of hydrogen-bond acceptors (Lipinski definition) is 1. The highest BCUT2D eigenvalue weighted by Gasteiger charge is 2.09. The number of rotatable bonds is 3. The zero-order valence-electron chi connectivity index (χ0n) is 15.3. The highest BCUT2D eigenvalue weighted by molar-refractivity contribution is 8.32. The number of pyridine rings is 1. The molecule has 1 nitrogen and oxygen atoms in total. The zero-order chi connectivity index (χ0) is 17.6. The van der Waals surface area contributed by atoms with Gasteiger partial charge in [-0.05, 0) is 48.1 Å². The summed E-state index contributed by atoms with van der Waals surface area (Å²) in [5.74, 6) is 0. The first kappa shape index (κ1) is 18.3. The molecule has 0 fully saturated rings. The molecule has 24 heavy (non-hydrogen) atoms. The molecule has 0 radical (unpaired) electrons. The Labute approximate surface area is 148 Å². The summed E-state index contributed by atoms with van der Waals surface area (Å²) in [5.41, 5.74) is 4.66. The molecule has 0 aliphatic rings. The predicted octanol–water partition coefficient (Wildman–Crippen LogP) is 6.49. The first-order valence-electron chi connectivity index (χ1n) is 8.34. The van der Waals surface area contributed by atoms with Gasteiger partial charge in [-0.2, -0.15) is 0 Å². The molecule has 0 atom stereocenters. The van der Waals surface area contributed by atoms with Gasteiger partial charge in [0.15, 0.2) is 0 Å². The van der Waals surface area contributed by atoms with Crippen molar-refractivity contribution in [2.75, 3.05) is 18.8 Å². The standard InChI is InChI=1S/C20H21NS.C2H6/c1-22(2,3)19-12-13-20(21-15-19)18-11-7-10-17(14-18)16-8-5-4-6-9-16;1-2/h4-15H,1-3H3;1-2H3. The molecule has 2 aromatic carbocycles. The van der Waals surface area contributed by atoms with E-state index in [4.69, 9.17) is 0 Å². The topological polar surface area (TPSA) is 12.9 Å². The first-order chi connectivity index (χ1) is 11.5. The largest absolute Gasteiger partial charge is 0.255 e. The molecule has 0 saturated heterocycles. The number of aromatic nitrogens is 1. The zero-order valence-corrected chi connectivity index (χ0v) is 16.1. The van der Waals surface area contributed by atoms with Crippen LogP contribution in [0.2, 0.25) is 0 Å². The van der Waals surface area contributed by atoms with Gasteiger partial charge >= 0.3 is 0 Å². The summed E-state index contributed by atoms with van der Waals surface area (Å²) >= 11 is 0. The molecule has 0 amide bonds. The Morgan fingerprint density at radius 1 is 0.667 bits per heavy atom. The summed E-state index contributed by atoms with van der Waals surface area (Å²) in [4.78, 5) is 6.01. The van der Waals surface area contributed by atoms with Gasteiger partial charge in [-0.25, -0.2) is 10.0 Å². The summed E-state index contributed by atoms with van der Waals surface area (Å²) in [6, 6.07) is 23.4. The van der Waals surface area contributed by atoms with Gasteiger partial charge in [-0.3, -0.25) is 4.98 Å². The number of nitrogens with zero attached hydrogens (tertiary/aromatic N) is 1. The minimum absolute atomic E-state index is 0.715. The highest BCUT2D eigenvalue weighted by Crippen LogP contribution is 2.44. The van der Waals surface area contributed by atoms with E-state index in [0.717, 1.165) is 11.3 Å². The third kappa shape index (κ3) is 4.48. The van der Waals surface area contributed by atoms with E-state index in [1.807, 2.05) is 26.1 Å². The lowest BCUT2D eigenvalue weighted by Crippen LogP contribution is -1.94. The molecule has 0 bridgehead atoms. The lowest BCUT2D eigenvalue weighted by Gasteiger charge is -2.25. The maximum Gasteiger partial charge on any atom is 0.0703 e. The highest BCUT2D eigenvalue weighted by atomic mass is 32.3. The van der Waals surface area contributed by atoms with Crippen LogP contribution in [0.3, 0.4) is 0 Å². The van der Waals surface area contributed by atoms with Crippen LogP contribution in [0.1, 0.15) is 13.8 Å². The third-order valence-corrected chi connectivity index (χ3v) is 5.36. The smallest absolute Gasteiger partial charge is 0.0703 e. The fourth-order valence-electron chi connectivity index (χ4n) is 2.40. The fraction of sp³-hybridized carbons (Fsp3) is 0.227. The minimum atomic E-state index is -0.715. The maximum absolute atomic E-state index is 4.67. The second-order valence-electron chi connectivity index (χ2n) is 6.16. The first-order valence-corrected chi connectivity index (χ1v) is 11.2. The van der Waals surface area contributed by atoms with E-state index in [2.05, 4.69) is 84.4 Å². The van der Waals surface area contributed by atoms with Crippen molar-refractivity contribution in [2.24, 2.45) is 0 Å². The molecule has 126 valence electrons. The molecule has 0 aliphatic carbocycles. The molecule has 0 unspecified atom stereocenters. The van der Waals surface area contributed by atoms with Crippen LogP contribution < -0.4 is 0 Å². The van der Waals surface area contributed by atoms with E-state index in [1.54, 1.807) is 0 Å². The summed E-state index contributed by atoms with van der Waals surface area (Å²) in [7, 11) is -0.715. The summed E-state index contributed by atoms with van der Waals surface area (Å²) in [5, 5.41) is 0. The van der Waals surface area contributed by atoms with Gasteiger partial charge in [0.1, 0.15) is 0 Å². The van der Waals surface area contributed by atoms with Crippen LogP contribution in [0.5, 0.6) is 0 Å². The van der Waals surface area contributed by atoms with Gasteiger partial charge in [-0.1, -0.05) is 62.4 Å². The van der Waals surface area contributed by atoms with Gasteiger partial charge < -0.3 is 0 Å². The molecular weight excluding hydrogens is 310 g/mol. The van der Waals surface area contributed by atoms with Gasteiger partial charge in [0, 0.05) is 16.7 Å². The molecule has 3 rings (SSSR count). The van der Waals surface area contributed by atoms with Crippen LogP contribution in [0, 0.1) is 0 Å². The van der Waals surface area contributed by atoms with Crippen LogP contribution in [0.4, 0.5) is 0 Å². The monoisotopic (exact) mass is 337 g/mol. The van der Waals surface area contributed by atoms with Crippen molar-refractivity contribution in [1.82, 2.24) is 4.98 Å². The molecule has 3 aromatic rings. The van der Waals surface area contributed by atoms with E-state index in [1.165, 1.54) is 16.0 Å². The van der Waals surface area contributed by atoms with Crippen LogP contribution in [-0.4, -0.2) is 23.8 Å². The Kier molecular flexibility index (Phi) is 6.22. The van der Waals surface area contributed by atoms with Gasteiger partial charge in [-0.15, -0.1) is 0 Å². The number of benzene rings is 2. The summed E-state index contributed by atoms with van der Waals surface area (Å²) in [6.07, 6.45) is 8.90. The second-order valence-corrected chi connectivity index (χ2v) is 10.3. The van der Waals surface area contributed by atoms with Crippen LogP contribution in [0.15, 0.2) is 77.8 Å². The SMILES string of the molecule is CC.CS(C)(C)c1ccc(-c2cccc(-c3ccccc3)c2)nc1. The van der Waals surface area contributed by atoms with E-state index < -0.39 is 10.0 Å². The quantitative estimate of drug-likeness (QED) is 0.532. The Morgan fingerprint density at radius 3 is 1.88 bits per heavy atom. The predicted molar refractivity (Wildman–Crippen MR) is 110 cm³/mol. The van der Waals surface area contributed by atoms with Crippen LogP contribution >= 0.6 is 10.0 Å². The van der Waals surface area contributed by atoms with Crippen molar-refractivity contribution in [1.29, 1.82) is 0 Å². The Balaban J connectivity index is 0.00000100. The van der Waals surface area contributed by atoms with E-state index in [-0.39, 0.29) is 0 Å². The van der Waals surface area contributed by atoms with Crippen molar-refractivity contribution in [3.05, 3.63) is 72.9 Å². The molecular formula is C22H27NS. The van der Waals surface area contributed by atoms with E-state index in [0.29, 0.717) is 0 Å². The lowest BCUT2D eigenvalue weighted by atomic mass is 10.0. The Bertz CT molecular complexity index is 756. The second kappa shape index (κ2) is 8.16. The molecule has 1 heterocycles. The Morgan fingerprint density at radius 2 is 1.29 bits per heavy atom. The minimum Gasteiger partial charge on any atom is -0.255 e. The maximum atomic E-state index is 4.67. The van der Waals surface area contributed by atoms with Crippen molar-refractivity contribution in [3.63, 3.8) is 0 Å². The van der Waals surface area contributed by atoms with Gasteiger partial charge in [0.2, 0.25) is 0 Å². The number of hydrogen-bond donors (Lipinski definition) is 0. The molecule has 1 aromatic heterocycles. The van der Waals surface area contributed by atoms with Crippen LogP contribution in [0.25, 0.3) is 22.4 Å².